The van der Waals surface area contributed by atoms with Crippen LogP contribution in [0.25, 0.3) is 0 Å². The molecule has 0 aliphatic heterocycles. The normalized spacial score (nSPS) is 14.9. The molecule has 0 fully saturated rings. The van der Waals surface area contributed by atoms with Gasteiger partial charge < -0.3 is 10.4 Å². The lowest BCUT2D eigenvalue weighted by Crippen LogP contribution is -2.40. The van der Waals surface area contributed by atoms with Crippen LogP contribution in [0, 0.1) is 0 Å². The van der Waals surface area contributed by atoms with Crippen molar-refractivity contribution in [2.24, 2.45) is 0 Å². The molecule has 0 spiro atoms. The molecule has 0 bridgehead atoms. The van der Waals surface area contributed by atoms with Gasteiger partial charge in [-0.3, -0.25) is 4.98 Å². The van der Waals surface area contributed by atoms with Crippen LogP contribution in [0.3, 0.4) is 0 Å². The molecule has 3 heteroatoms. The minimum atomic E-state index is -0.145. The van der Waals surface area contributed by atoms with Crippen LogP contribution in [-0.2, 0) is 5.54 Å². The Morgan fingerprint density at radius 1 is 1.40 bits per heavy atom. The fraction of sp³-hybridized carbons (Fsp3) is 0.583. The van der Waals surface area contributed by atoms with Gasteiger partial charge in [0.1, 0.15) is 0 Å². The first-order chi connectivity index (χ1) is 7.23. The van der Waals surface area contributed by atoms with Gasteiger partial charge in [-0.2, -0.15) is 0 Å². The Morgan fingerprint density at radius 2 is 2.07 bits per heavy atom. The van der Waals surface area contributed by atoms with Crippen molar-refractivity contribution < 1.29 is 5.11 Å². The second-order valence-electron chi connectivity index (χ2n) is 3.97. The molecule has 1 aromatic rings. The second kappa shape index (κ2) is 5.83. The molecule has 15 heavy (non-hydrogen) atoms. The van der Waals surface area contributed by atoms with Crippen molar-refractivity contribution in [3.63, 3.8) is 0 Å². The van der Waals surface area contributed by atoms with Crippen LogP contribution in [0.15, 0.2) is 24.5 Å². The van der Waals surface area contributed by atoms with E-state index in [1.165, 1.54) is 5.56 Å². The largest absolute Gasteiger partial charge is 0.396 e. The van der Waals surface area contributed by atoms with E-state index in [1.54, 1.807) is 12.4 Å². The van der Waals surface area contributed by atoms with Crippen molar-refractivity contribution in [2.75, 3.05) is 13.2 Å². The fourth-order valence-corrected chi connectivity index (χ4v) is 1.68. The minimum Gasteiger partial charge on any atom is -0.396 e. The first-order valence-corrected chi connectivity index (χ1v) is 5.49. The average Bonchev–Trinajstić information content (AvgIpc) is 2.28. The smallest absolute Gasteiger partial charge is 0.0451 e. The highest BCUT2D eigenvalue weighted by Crippen LogP contribution is 2.23. The molecule has 1 atom stereocenters. The maximum atomic E-state index is 9.11. The van der Waals surface area contributed by atoms with Gasteiger partial charge in [0.05, 0.1) is 0 Å². The van der Waals surface area contributed by atoms with E-state index in [0.29, 0.717) is 0 Å². The average molecular weight is 208 g/mol. The van der Waals surface area contributed by atoms with E-state index >= 15 is 0 Å². The van der Waals surface area contributed by atoms with Crippen molar-refractivity contribution in [2.45, 2.75) is 32.2 Å². The van der Waals surface area contributed by atoms with Gasteiger partial charge in [-0.1, -0.05) is 6.92 Å². The Morgan fingerprint density at radius 3 is 2.60 bits per heavy atom. The summed E-state index contributed by atoms with van der Waals surface area (Å²) in [6.45, 7) is 5.40. The number of pyridine rings is 1. The monoisotopic (exact) mass is 208 g/mol. The number of nitrogens with one attached hydrogen (secondary N) is 1. The van der Waals surface area contributed by atoms with E-state index in [4.69, 9.17) is 5.11 Å². The fourth-order valence-electron chi connectivity index (χ4n) is 1.68. The number of aliphatic hydroxyl groups excluding tert-OH is 1. The van der Waals surface area contributed by atoms with Gasteiger partial charge in [-0.25, -0.2) is 0 Å². The third-order valence-electron chi connectivity index (χ3n) is 2.69. The predicted molar refractivity (Wildman–Crippen MR) is 61.6 cm³/mol. The van der Waals surface area contributed by atoms with Crippen LogP contribution in [0.5, 0.6) is 0 Å². The molecule has 1 rings (SSSR count). The molecular weight excluding hydrogens is 188 g/mol. The molecule has 3 nitrogen and oxygen atoms in total. The van der Waals surface area contributed by atoms with Gasteiger partial charge in [-0.15, -0.1) is 0 Å². The Hall–Kier alpha value is -0.930. The van der Waals surface area contributed by atoms with Crippen LogP contribution < -0.4 is 5.32 Å². The van der Waals surface area contributed by atoms with Crippen molar-refractivity contribution in [3.05, 3.63) is 30.1 Å². The molecule has 0 saturated carbocycles. The number of rotatable bonds is 6. The summed E-state index contributed by atoms with van der Waals surface area (Å²) in [5, 5.41) is 12.6. The molecule has 1 unspecified atom stereocenters. The first kappa shape index (κ1) is 12.1. The van der Waals surface area contributed by atoms with Crippen LogP contribution in [-0.4, -0.2) is 23.2 Å². The standard InChI is InChI=1S/C12H20N2O/c1-3-7-14-12(2,6-10-15)11-4-8-13-9-5-11/h4-5,8-9,14-15H,3,6-7,10H2,1-2H3. The Labute approximate surface area is 91.5 Å². The maximum Gasteiger partial charge on any atom is 0.0451 e. The number of aromatic nitrogens is 1. The van der Waals surface area contributed by atoms with E-state index in [0.717, 1.165) is 19.4 Å². The van der Waals surface area contributed by atoms with E-state index in [9.17, 15) is 0 Å². The molecule has 0 amide bonds. The zero-order valence-corrected chi connectivity index (χ0v) is 9.53. The van der Waals surface area contributed by atoms with Crippen molar-refractivity contribution in [1.29, 1.82) is 0 Å². The minimum absolute atomic E-state index is 0.145. The lowest BCUT2D eigenvalue weighted by molar-refractivity contribution is 0.221. The third kappa shape index (κ3) is 3.29. The zero-order valence-electron chi connectivity index (χ0n) is 9.53. The summed E-state index contributed by atoms with van der Waals surface area (Å²) in [7, 11) is 0. The Kier molecular flexibility index (Phi) is 4.72. The molecule has 1 aromatic heterocycles. The SMILES string of the molecule is CCCNC(C)(CCO)c1ccncc1. The molecule has 0 radical (unpaired) electrons. The lowest BCUT2D eigenvalue weighted by atomic mass is 9.89. The molecular formula is C12H20N2O. The van der Waals surface area contributed by atoms with E-state index in [-0.39, 0.29) is 12.1 Å². The zero-order chi connectivity index (χ0) is 11.1. The van der Waals surface area contributed by atoms with Gasteiger partial charge in [0.15, 0.2) is 0 Å². The maximum absolute atomic E-state index is 9.11. The van der Waals surface area contributed by atoms with Crippen LogP contribution in [0.1, 0.15) is 32.3 Å². The summed E-state index contributed by atoms with van der Waals surface area (Å²) in [5.74, 6) is 0. The van der Waals surface area contributed by atoms with Crippen molar-refractivity contribution in [1.82, 2.24) is 10.3 Å². The van der Waals surface area contributed by atoms with E-state index < -0.39 is 0 Å². The van der Waals surface area contributed by atoms with Crippen LogP contribution in [0.4, 0.5) is 0 Å². The highest BCUT2D eigenvalue weighted by molar-refractivity contribution is 5.20. The molecule has 0 aliphatic carbocycles. The molecule has 0 aromatic carbocycles. The van der Waals surface area contributed by atoms with Gasteiger partial charge in [-0.05, 0) is 44.0 Å². The summed E-state index contributed by atoms with van der Waals surface area (Å²) >= 11 is 0. The van der Waals surface area contributed by atoms with Crippen molar-refractivity contribution in [3.8, 4) is 0 Å². The summed E-state index contributed by atoms with van der Waals surface area (Å²) in [4.78, 5) is 4.01. The second-order valence-corrected chi connectivity index (χ2v) is 3.97. The first-order valence-electron chi connectivity index (χ1n) is 5.49. The summed E-state index contributed by atoms with van der Waals surface area (Å²) < 4.78 is 0. The summed E-state index contributed by atoms with van der Waals surface area (Å²) in [6.07, 6.45) is 5.39. The molecule has 1 heterocycles. The van der Waals surface area contributed by atoms with Gasteiger partial charge in [0.2, 0.25) is 0 Å². The summed E-state index contributed by atoms with van der Waals surface area (Å²) in [5.41, 5.74) is 1.04. The Bertz CT molecular complexity index is 276. The predicted octanol–water partition coefficient (Wildman–Crippen LogP) is 1.68. The highest BCUT2D eigenvalue weighted by Gasteiger charge is 2.24. The highest BCUT2D eigenvalue weighted by atomic mass is 16.3. The molecule has 84 valence electrons. The van der Waals surface area contributed by atoms with Gasteiger partial charge >= 0.3 is 0 Å². The summed E-state index contributed by atoms with van der Waals surface area (Å²) in [6, 6.07) is 4.00. The number of hydrogen-bond donors (Lipinski definition) is 2. The molecule has 2 N–H and O–H groups in total. The Balaban J connectivity index is 2.80. The van der Waals surface area contributed by atoms with E-state index in [2.05, 4.69) is 24.1 Å². The van der Waals surface area contributed by atoms with E-state index in [1.807, 2.05) is 12.1 Å². The number of nitrogens with zero attached hydrogens (tertiary/aromatic N) is 1. The lowest BCUT2D eigenvalue weighted by Gasteiger charge is -2.31. The van der Waals surface area contributed by atoms with Crippen molar-refractivity contribution >= 4 is 0 Å². The topological polar surface area (TPSA) is 45.1 Å². The van der Waals surface area contributed by atoms with Gasteiger partial charge in [0.25, 0.3) is 0 Å². The molecule has 0 saturated heterocycles. The molecule has 0 aliphatic rings. The van der Waals surface area contributed by atoms with Crippen LogP contribution >= 0.6 is 0 Å². The van der Waals surface area contributed by atoms with Gasteiger partial charge in [0, 0.05) is 24.5 Å². The number of aliphatic hydroxyl groups is 1. The number of hydrogen-bond acceptors (Lipinski definition) is 3. The van der Waals surface area contributed by atoms with Crippen LogP contribution in [0.2, 0.25) is 0 Å². The quantitative estimate of drug-likeness (QED) is 0.747. The third-order valence-corrected chi connectivity index (χ3v) is 2.69.